The molecule has 4 heterocycles. The summed E-state index contributed by atoms with van der Waals surface area (Å²) in [5, 5.41) is 0. The number of nitrogens with zero attached hydrogens (tertiary/aromatic N) is 5. The summed E-state index contributed by atoms with van der Waals surface area (Å²) in [5.41, 5.74) is 1.53. The molecule has 0 unspecified atom stereocenters. The van der Waals surface area contributed by atoms with E-state index >= 15 is 0 Å². The first-order valence-corrected chi connectivity index (χ1v) is 9.88. The first-order valence-electron chi connectivity index (χ1n) is 9.88. The van der Waals surface area contributed by atoms with Crippen LogP contribution in [0.1, 0.15) is 41.9 Å². The highest BCUT2D eigenvalue weighted by Crippen LogP contribution is 2.40. The van der Waals surface area contributed by atoms with Gasteiger partial charge in [-0.2, -0.15) is 0 Å². The van der Waals surface area contributed by atoms with Gasteiger partial charge in [0.25, 0.3) is 5.91 Å². The molecule has 2 aliphatic rings. The Hall–Kier alpha value is -2.83. The van der Waals surface area contributed by atoms with Crippen LogP contribution in [0, 0.1) is 5.41 Å². The summed E-state index contributed by atoms with van der Waals surface area (Å²) in [5.74, 6) is 0.182. The highest BCUT2D eigenvalue weighted by Gasteiger charge is 2.41. The maximum absolute atomic E-state index is 12.6. The van der Waals surface area contributed by atoms with Gasteiger partial charge >= 0.3 is 0 Å². The van der Waals surface area contributed by atoms with E-state index in [0.717, 1.165) is 37.9 Å². The predicted molar refractivity (Wildman–Crippen MR) is 103 cm³/mol. The lowest BCUT2D eigenvalue weighted by Crippen LogP contribution is -2.52. The van der Waals surface area contributed by atoms with E-state index in [1.807, 2.05) is 28.0 Å². The highest BCUT2D eigenvalue weighted by atomic mass is 16.2. The second kappa shape index (κ2) is 8.04. The molecule has 2 saturated heterocycles. The van der Waals surface area contributed by atoms with Gasteiger partial charge in [0.2, 0.25) is 5.91 Å². The number of rotatable bonds is 4. The Kier molecular flexibility index (Phi) is 5.32. The van der Waals surface area contributed by atoms with E-state index in [1.54, 1.807) is 18.6 Å². The molecule has 7 heteroatoms. The van der Waals surface area contributed by atoms with E-state index in [-0.39, 0.29) is 17.2 Å². The summed E-state index contributed by atoms with van der Waals surface area (Å²) < 4.78 is 0. The minimum atomic E-state index is -0.0538. The third-order valence-electron chi connectivity index (χ3n) is 6.01. The summed E-state index contributed by atoms with van der Waals surface area (Å²) in [6.45, 7) is 2.90. The van der Waals surface area contributed by atoms with Crippen LogP contribution in [0.25, 0.3) is 0 Å². The number of carbonyl (C=O) groups is 2. The van der Waals surface area contributed by atoms with Crippen LogP contribution in [0.5, 0.6) is 0 Å². The van der Waals surface area contributed by atoms with Crippen molar-refractivity contribution < 1.29 is 9.59 Å². The first kappa shape index (κ1) is 18.5. The van der Waals surface area contributed by atoms with Crippen molar-refractivity contribution in [1.82, 2.24) is 24.8 Å². The van der Waals surface area contributed by atoms with Crippen molar-refractivity contribution in [2.75, 3.05) is 26.2 Å². The number of pyridine rings is 1. The van der Waals surface area contributed by atoms with Crippen LogP contribution in [-0.4, -0.2) is 62.7 Å². The quantitative estimate of drug-likeness (QED) is 0.811. The molecule has 2 aliphatic heterocycles. The van der Waals surface area contributed by atoms with Gasteiger partial charge in [-0.3, -0.25) is 19.6 Å². The molecule has 146 valence electrons. The molecule has 0 N–H and O–H groups in total. The Balaban J connectivity index is 1.35. The SMILES string of the molecule is O=C1CCC2(CCN(C(=O)c3cnccn3)CC2)CN1CCc1ccccn1. The number of aromatic nitrogens is 3. The molecular formula is C21H25N5O2. The Bertz CT molecular complexity index is 819. The van der Waals surface area contributed by atoms with Gasteiger partial charge in [-0.25, -0.2) is 4.98 Å². The van der Waals surface area contributed by atoms with Crippen molar-refractivity contribution in [1.29, 1.82) is 0 Å². The fourth-order valence-electron chi connectivity index (χ4n) is 4.27. The molecule has 28 heavy (non-hydrogen) atoms. The van der Waals surface area contributed by atoms with E-state index in [2.05, 4.69) is 15.0 Å². The fourth-order valence-corrected chi connectivity index (χ4v) is 4.27. The predicted octanol–water partition coefficient (Wildman–Crippen LogP) is 1.96. The van der Waals surface area contributed by atoms with Gasteiger partial charge in [0.1, 0.15) is 5.69 Å². The second-order valence-electron chi connectivity index (χ2n) is 7.77. The van der Waals surface area contributed by atoms with Crippen LogP contribution in [-0.2, 0) is 11.2 Å². The lowest BCUT2D eigenvalue weighted by molar-refractivity contribution is -0.138. The molecule has 0 radical (unpaired) electrons. The van der Waals surface area contributed by atoms with E-state index in [9.17, 15) is 9.59 Å². The smallest absolute Gasteiger partial charge is 0.274 e. The molecule has 0 aromatic carbocycles. The van der Waals surface area contributed by atoms with Gasteiger partial charge in [0, 0.05) is 63.3 Å². The number of piperidine rings is 2. The molecule has 2 aromatic heterocycles. The van der Waals surface area contributed by atoms with Crippen molar-refractivity contribution in [2.45, 2.75) is 32.1 Å². The maximum Gasteiger partial charge on any atom is 0.274 e. The van der Waals surface area contributed by atoms with Crippen LogP contribution in [0.3, 0.4) is 0 Å². The Morgan fingerprint density at radius 3 is 2.64 bits per heavy atom. The molecule has 7 nitrogen and oxygen atoms in total. The maximum atomic E-state index is 12.6. The van der Waals surface area contributed by atoms with Crippen LogP contribution in [0.2, 0.25) is 0 Å². The molecule has 1 spiro atoms. The van der Waals surface area contributed by atoms with Gasteiger partial charge in [-0.1, -0.05) is 6.07 Å². The minimum absolute atomic E-state index is 0.0538. The lowest BCUT2D eigenvalue weighted by Gasteiger charge is -2.47. The standard InChI is InChI=1S/C21H25N5O2/c27-19-4-6-21(16-26(19)12-5-17-3-1-2-9-23-17)7-13-25(14-8-21)20(28)18-15-22-10-11-24-18/h1-3,9-11,15H,4-8,12-14,16H2. The van der Waals surface area contributed by atoms with Crippen LogP contribution >= 0.6 is 0 Å². The Morgan fingerprint density at radius 2 is 1.93 bits per heavy atom. The largest absolute Gasteiger partial charge is 0.342 e. The Labute approximate surface area is 164 Å². The molecule has 0 atom stereocenters. The van der Waals surface area contributed by atoms with Gasteiger partial charge < -0.3 is 9.80 Å². The normalized spacial score (nSPS) is 19.1. The van der Waals surface area contributed by atoms with Gasteiger partial charge in [0.15, 0.2) is 0 Å². The first-order chi connectivity index (χ1) is 13.7. The van der Waals surface area contributed by atoms with Crippen LogP contribution in [0.15, 0.2) is 43.0 Å². The summed E-state index contributed by atoms with van der Waals surface area (Å²) >= 11 is 0. The number of likely N-dealkylation sites (tertiary alicyclic amines) is 2. The molecule has 2 fully saturated rings. The van der Waals surface area contributed by atoms with Crippen LogP contribution < -0.4 is 0 Å². The van der Waals surface area contributed by atoms with E-state index in [4.69, 9.17) is 0 Å². The van der Waals surface area contributed by atoms with Gasteiger partial charge in [-0.05, 0) is 36.8 Å². The molecule has 2 amide bonds. The third-order valence-corrected chi connectivity index (χ3v) is 6.01. The lowest BCUT2D eigenvalue weighted by atomic mass is 9.72. The Morgan fingerprint density at radius 1 is 1.07 bits per heavy atom. The number of hydrogen-bond acceptors (Lipinski definition) is 5. The second-order valence-corrected chi connectivity index (χ2v) is 7.77. The minimum Gasteiger partial charge on any atom is -0.342 e. The topological polar surface area (TPSA) is 79.3 Å². The molecule has 2 aromatic rings. The molecule has 0 aliphatic carbocycles. The van der Waals surface area contributed by atoms with E-state index < -0.39 is 0 Å². The summed E-state index contributed by atoms with van der Waals surface area (Å²) in [7, 11) is 0. The van der Waals surface area contributed by atoms with Gasteiger partial charge in [0.05, 0.1) is 6.20 Å². The summed E-state index contributed by atoms with van der Waals surface area (Å²) in [6, 6.07) is 5.88. The number of amides is 2. The molecular weight excluding hydrogens is 354 g/mol. The molecule has 4 rings (SSSR count). The summed E-state index contributed by atoms with van der Waals surface area (Å²) in [6.07, 6.45) is 10.6. The van der Waals surface area contributed by atoms with Crippen LogP contribution in [0.4, 0.5) is 0 Å². The van der Waals surface area contributed by atoms with Crippen molar-refractivity contribution in [3.8, 4) is 0 Å². The monoisotopic (exact) mass is 379 g/mol. The third kappa shape index (κ3) is 4.03. The van der Waals surface area contributed by atoms with E-state index in [0.29, 0.717) is 31.7 Å². The zero-order chi connectivity index (χ0) is 19.4. The number of carbonyl (C=O) groups excluding carboxylic acids is 2. The van der Waals surface area contributed by atoms with Crippen molar-refractivity contribution >= 4 is 11.8 Å². The van der Waals surface area contributed by atoms with E-state index in [1.165, 1.54) is 6.20 Å². The molecule has 0 saturated carbocycles. The zero-order valence-electron chi connectivity index (χ0n) is 16.0. The van der Waals surface area contributed by atoms with Crippen molar-refractivity contribution in [3.05, 3.63) is 54.4 Å². The molecule has 0 bridgehead atoms. The number of hydrogen-bond donors (Lipinski definition) is 0. The fraction of sp³-hybridized carbons (Fsp3) is 0.476. The average Bonchev–Trinajstić information content (AvgIpc) is 2.76. The van der Waals surface area contributed by atoms with Crippen molar-refractivity contribution in [2.24, 2.45) is 5.41 Å². The highest BCUT2D eigenvalue weighted by molar-refractivity contribution is 5.92. The van der Waals surface area contributed by atoms with Gasteiger partial charge in [-0.15, -0.1) is 0 Å². The zero-order valence-corrected chi connectivity index (χ0v) is 16.0. The summed E-state index contributed by atoms with van der Waals surface area (Å²) in [4.78, 5) is 41.4. The van der Waals surface area contributed by atoms with Crippen molar-refractivity contribution in [3.63, 3.8) is 0 Å². The average molecular weight is 379 g/mol.